The molecule has 4 nitrogen and oxygen atoms in total. The highest BCUT2D eigenvalue weighted by atomic mass is 35.5. The summed E-state index contributed by atoms with van der Waals surface area (Å²) in [6.45, 7) is 4.32. The van der Waals surface area contributed by atoms with Crippen LogP contribution in [-0.4, -0.2) is 16.3 Å². The van der Waals surface area contributed by atoms with E-state index >= 15 is 0 Å². The van der Waals surface area contributed by atoms with Gasteiger partial charge in [-0.2, -0.15) is 0 Å². The number of rotatable bonds is 5. The molecule has 0 bridgehead atoms. The first kappa shape index (κ1) is 19.9. The van der Waals surface area contributed by atoms with E-state index in [2.05, 4.69) is 5.32 Å². The van der Waals surface area contributed by atoms with Gasteiger partial charge in [0.2, 0.25) is 0 Å². The number of halogens is 1. The van der Waals surface area contributed by atoms with Crippen molar-refractivity contribution in [1.82, 2.24) is 4.57 Å². The van der Waals surface area contributed by atoms with Crippen LogP contribution in [0.2, 0.25) is 5.02 Å². The number of fused-ring (bicyclic) bond motifs is 1. The molecule has 1 amide bonds. The van der Waals surface area contributed by atoms with Gasteiger partial charge in [-0.05, 0) is 42.7 Å². The van der Waals surface area contributed by atoms with Gasteiger partial charge in [0.15, 0.2) is 0 Å². The molecule has 4 rings (SSSR count). The Hall–Kier alpha value is -3.37. The lowest BCUT2D eigenvalue weighted by Crippen LogP contribution is -2.23. The van der Waals surface area contributed by atoms with E-state index in [4.69, 9.17) is 11.6 Å². The van der Waals surface area contributed by atoms with Crippen molar-refractivity contribution in [1.29, 1.82) is 0 Å². The van der Waals surface area contributed by atoms with Gasteiger partial charge in [-0.25, -0.2) is 0 Å². The Balaban J connectivity index is 1.69. The Morgan fingerprint density at radius 2 is 1.57 bits per heavy atom. The standard InChI is InChI=1S/C25H21ClN2O2/c1-16-8-7-9-17(2)23(16)27-25(30)24(29)20-15-28(22-13-6-4-11-19(20)22)14-18-10-3-5-12-21(18)26/h3-13,15H,14H2,1-2H3,(H,27,30). The van der Waals surface area contributed by atoms with E-state index in [1.165, 1.54) is 0 Å². The molecule has 0 saturated heterocycles. The number of anilines is 1. The number of hydrogen-bond acceptors (Lipinski definition) is 2. The molecule has 1 N–H and O–H groups in total. The number of aromatic nitrogens is 1. The van der Waals surface area contributed by atoms with Crippen molar-refractivity contribution >= 4 is 39.9 Å². The predicted octanol–water partition coefficient (Wildman–Crippen LogP) is 5.78. The predicted molar refractivity (Wildman–Crippen MR) is 121 cm³/mol. The number of amides is 1. The number of benzene rings is 3. The maximum Gasteiger partial charge on any atom is 0.296 e. The zero-order chi connectivity index (χ0) is 21.3. The Morgan fingerprint density at radius 3 is 2.30 bits per heavy atom. The first-order chi connectivity index (χ1) is 14.5. The molecule has 1 aromatic heterocycles. The Morgan fingerprint density at radius 1 is 0.900 bits per heavy atom. The Kier molecular flexibility index (Phi) is 5.42. The van der Waals surface area contributed by atoms with E-state index in [0.29, 0.717) is 22.8 Å². The lowest BCUT2D eigenvalue weighted by molar-refractivity contribution is -0.112. The second-order valence-electron chi connectivity index (χ2n) is 7.33. The highest BCUT2D eigenvalue weighted by Crippen LogP contribution is 2.26. The van der Waals surface area contributed by atoms with Crippen LogP contribution in [0.3, 0.4) is 0 Å². The van der Waals surface area contributed by atoms with Crippen molar-refractivity contribution in [2.75, 3.05) is 5.32 Å². The maximum atomic E-state index is 13.1. The molecule has 150 valence electrons. The summed E-state index contributed by atoms with van der Waals surface area (Å²) in [6.07, 6.45) is 1.74. The van der Waals surface area contributed by atoms with Crippen LogP contribution in [0.5, 0.6) is 0 Å². The summed E-state index contributed by atoms with van der Waals surface area (Å²) in [4.78, 5) is 25.9. The molecular weight excluding hydrogens is 396 g/mol. The van der Waals surface area contributed by atoms with Crippen molar-refractivity contribution < 1.29 is 9.59 Å². The van der Waals surface area contributed by atoms with Crippen LogP contribution in [0.1, 0.15) is 27.0 Å². The summed E-state index contributed by atoms with van der Waals surface area (Å²) in [6, 6.07) is 20.9. The summed E-state index contributed by atoms with van der Waals surface area (Å²) >= 11 is 6.32. The van der Waals surface area contributed by atoms with E-state index in [-0.39, 0.29) is 0 Å². The summed E-state index contributed by atoms with van der Waals surface area (Å²) in [7, 11) is 0. The van der Waals surface area contributed by atoms with Crippen LogP contribution in [-0.2, 0) is 11.3 Å². The molecular formula is C25H21ClN2O2. The Bertz CT molecular complexity index is 1250. The van der Waals surface area contributed by atoms with Gasteiger partial charge in [0.1, 0.15) is 0 Å². The Labute approximate surface area is 180 Å². The van der Waals surface area contributed by atoms with E-state index in [1.807, 2.05) is 85.1 Å². The highest BCUT2D eigenvalue weighted by Gasteiger charge is 2.22. The molecule has 3 aromatic carbocycles. The van der Waals surface area contributed by atoms with Gasteiger partial charge in [0.05, 0.1) is 5.56 Å². The van der Waals surface area contributed by atoms with Crippen molar-refractivity contribution in [2.24, 2.45) is 0 Å². The third-order valence-corrected chi connectivity index (χ3v) is 5.63. The van der Waals surface area contributed by atoms with Crippen LogP contribution >= 0.6 is 11.6 Å². The molecule has 0 radical (unpaired) electrons. The third kappa shape index (κ3) is 3.74. The minimum atomic E-state index is -0.645. The number of carbonyl (C=O) groups is 2. The molecule has 0 spiro atoms. The second kappa shape index (κ2) is 8.17. The lowest BCUT2D eigenvalue weighted by atomic mass is 10.1. The average molecular weight is 417 g/mol. The molecule has 0 aliphatic rings. The SMILES string of the molecule is Cc1cccc(C)c1NC(=O)C(=O)c1cn(Cc2ccccc2Cl)c2ccccc12. The number of hydrogen-bond donors (Lipinski definition) is 1. The fraction of sp³-hybridized carbons (Fsp3) is 0.120. The molecule has 0 saturated carbocycles. The summed E-state index contributed by atoms with van der Waals surface area (Å²) < 4.78 is 1.95. The van der Waals surface area contributed by atoms with Crippen molar-refractivity contribution in [2.45, 2.75) is 20.4 Å². The van der Waals surface area contributed by atoms with Crippen LogP contribution in [0.15, 0.2) is 72.9 Å². The van der Waals surface area contributed by atoms with Crippen molar-refractivity contribution in [3.05, 3.63) is 100 Å². The van der Waals surface area contributed by atoms with Crippen molar-refractivity contribution in [3.8, 4) is 0 Å². The van der Waals surface area contributed by atoms with Gasteiger partial charge in [-0.1, -0.05) is 66.2 Å². The van der Waals surface area contributed by atoms with E-state index in [9.17, 15) is 9.59 Å². The monoisotopic (exact) mass is 416 g/mol. The molecule has 5 heteroatoms. The molecule has 0 aliphatic carbocycles. The summed E-state index contributed by atoms with van der Waals surface area (Å²) in [5, 5.41) is 4.20. The van der Waals surface area contributed by atoms with Crippen LogP contribution in [0.25, 0.3) is 10.9 Å². The number of Topliss-reactive ketones (excluding diaryl/α,β-unsaturated/α-hetero) is 1. The first-order valence-corrected chi connectivity index (χ1v) is 10.1. The molecule has 1 heterocycles. The topological polar surface area (TPSA) is 51.1 Å². The van der Waals surface area contributed by atoms with Crippen molar-refractivity contribution in [3.63, 3.8) is 0 Å². The van der Waals surface area contributed by atoms with Crippen LogP contribution < -0.4 is 5.32 Å². The van der Waals surface area contributed by atoms with E-state index in [1.54, 1.807) is 6.20 Å². The molecule has 30 heavy (non-hydrogen) atoms. The second-order valence-corrected chi connectivity index (χ2v) is 7.74. The van der Waals surface area contributed by atoms with Gasteiger partial charge >= 0.3 is 0 Å². The van der Waals surface area contributed by atoms with Gasteiger partial charge in [0.25, 0.3) is 11.7 Å². The molecule has 0 fully saturated rings. The molecule has 0 unspecified atom stereocenters. The first-order valence-electron chi connectivity index (χ1n) is 9.69. The molecule has 0 aliphatic heterocycles. The minimum absolute atomic E-state index is 0.376. The number of aryl methyl sites for hydroxylation is 2. The van der Waals surface area contributed by atoms with Gasteiger partial charge in [-0.15, -0.1) is 0 Å². The summed E-state index contributed by atoms with van der Waals surface area (Å²) in [5.74, 6) is -1.21. The van der Waals surface area contributed by atoms with E-state index in [0.717, 1.165) is 27.6 Å². The smallest absolute Gasteiger partial charge is 0.296 e. The lowest BCUT2D eigenvalue weighted by Gasteiger charge is -2.10. The van der Waals surface area contributed by atoms with E-state index < -0.39 is 11.7 Å². The fourth-order valence-electron chi connectivity index (χ4n) is 3.67. The third-order valence-electron chi connectivity index (χ3n) is 5.26. The number of ketones is 1. The normalized spacial score (nSPS) is 10.9. The minimum Gasteiger partial charge on any atom is -0.342 e. The van der Waals surface area contributed by atoms with Gasteiger partial charge < -0.3 is 9.88 Å². The van der Waals surface area contributed by atoms with Gasteiger partial charge in [0, 0.05) is 34.4 Å². The average Bonchev–Trinajstić information content (AvgIpc) is 3.10. The number of para-hydroxylation sites is 2. The van der Waals surface area contributed by atoms with Crippen LogP contribution in [0.4, 0.5) is 5.69 Å². The largest absolute Gasteiger partial charge is 0.342 e. The van der Waals surface area contributed by atoms with Gasteiger partial charge in [-0.3, -0.25) is 9.59 Å². The number of nitrogens with one attached hydrogen (secondary N) is 1. The zero-order valence-corrected chi connectivity index (χ0v) is 17.5. The molecule has 0 atom stereocenters. The molecule has 4 aromatic rings. The quantitative estimate of drug-likeness (QED) is 0.331. The van der Waals surface area contributed by atoms with Crippen LogP contribution in [0, 0.1) is 13.8 Å². The zero-order valence-electron chi connectivity index (χ0n) is 16.8. The maximum absolute atomic E-state index is 13.1. The number of nitrogens with zero attached hydrogens (tertiary/aromatic N) is 1. The number of carbonyl (C=O) groups excluding carboxylic acids is 2. The highest BCUT2D eigenvalue weighted by molar-refractivity contribution is 6.48. The fourth-order valence-corrected chi connectivity index (χ4v) is 3.87. The summed E-state index contributed by atoms with van der Waals surface area (Å²) in [5.41, 5.74) is 4.70.